The van der Waals surface area contributed by atoms with Crippen LogP contribution in [0.4, 0.5) is 10.5 Å². The molecule has 2 amide bonds. The van der Waals surface area contributed by atoms with Gasteiger partial charge < -0.3 is 20.1 Å². The molecule has 1 unspecified atom stereocenters. The molecule has 1 aliphatic heterocycles. The van der Waals surface area contributed by atoms with Gasteiger partial charge in [-0.15, -0.1) is 0 Å². The van der Waals surface area contributed by atoms with Gasteiger partial charge >= 0.3 is 12.0 Å². The Kier molecular flexibility index (Phi) is 4.57. The van der Waals surface area contributed by atoms with Crippen molar-refractivity contribution in [3.8, 4) is 0 Å². The summed E-state index contributed by atoms with van der Waals surface area (Å²) < 4.78 is 5.34. The fourth-order valence-corrected chi connectivity index (χ4v) is 2.15. The third-order valence-corrected chi connectivity index (χ3v) is 3.10. The fraction of sp³-hybridized carbons (Fsp3) is 0.429. The summed E-state index contributed by atoms with van der Waals surface area (Å²) in [5, 5.41) is 11.6. The van der Waals surface area contributed by atoms with Crippen LogP contribution in [-0.2, 0) is 9.53 Å². The molecule has 1 saturated heterocycles. The van der Waals surface area contributed by atoms with Gasteiger partial charge in [0.25, 0.3) is 0 Å². The number of aliphatic carboxylic acids is 1. The number of carbonyl (C=O) groups is 2. The molecule has 108 valence electrons. The Labute approximate surface area is 117 Å². The molecule has 6 nitrogen and oxygen atoms in total. The van der Waals surface area contributed by atoms with Crippen LogP contribution >= 0.6 is 0 Å². The average molecular weight is 278 g/mol. The first kappa shape index (κ1) is 14.3. The van der Waals surface area contributed by atoms with E-state index in [1.54, 1.807) is 4.90 Å². The number of hydrogen-bond acceptors (Lipinski definition) is 3. The lowest BCUT2D eigenvalue weighted by molar-refractivity contribution is -0.141. The molecular weight excluding hydrogens is 260 g/mol. The van der Waals surface area contributed by atoms with Crippen molar-refractivity contribution in [1.82, 2.24) is 4.90 Å². The second-order valence-corrected chi connectivity index (χ2v) is 4.84. The van der Waals surface area contributed by atoms with Crippen molar-refractivity contribution in [2.24, 2.45) is 0 Å². The highest BCUT2D eigenvalue weighted by Gasteiger charge is 2.25. The Hall–Kier alpha value is -2.08. The van der Waals surface area contributed by atoms with Crippen LogP contribution in [0.3, 0.4) is 0 Å². The number of carboxylic acid groups (broad SMARTS) is 1. The van der Waals surface area contributed by atoms with Crippen LogP contribution in [0.25, 0.3) is 0 Å². The van der Waals surface area contributed by atoms with E-state index in [2.05, 4.69) is 5.32 Å². The van der Waals surface area contributed by atoms with E-state index in [1.807, 2.05) is 31.2 Å². The molecule has 20 heavy (non-hydrogen) atoms. The standard InChI is InChI=1S/C14H18N2O4/c1-10-3-2-4-11(7-10)15-14(19)16-5-6-20-12(9-16)8-13(17)18/h2-4,7,12H,5-6,8-9H2,1H3,(H,15,19)(H,17,18). The first-order valence-corrected chi connectivity index (χ1v) is 6.50. The number of morpholine rings is 1. The van der Waals surface area contributed by atoms with Crippen LogP contribution in [0.2, 0.25) is 0 Å². The van der Waals surface area contributed by atoms with E-state index in [0.29, 0.717) is 19.7 Å². The maximum atomic E-state index is 12.1. The zero-order valence-corrected chi connectivity index (χ0v) is 11.3. The number of ether oxygens (including phenoxy) is 1. The summed E-state index contributed by atoms with van der Waals surface area (Å²) >= 11 is 0. The van der Waals surface area contributed by atoms with Crippen molar-refractivity contribution >= 4 is 17.7 Å². The van der Waals surface area contributed by atoms with Crippen LogP contribution in [0.15, 0.2) is 24.3 Å². The number of nitrogens with zero attached hydrogens (tertiary/aromatic N) is 1. The second kappa shape index (κ2) is 6.38. The summed E-state index contributed by atoms with van der Waals surface area (Å²) in [6, 6.07) is 7.30. The molecule has 6 heteroatoms. The minimum atomic E-state index is -0.920. The third kappa shape index (κ3) is 3.96. The molecule has 0 bridgehead atoms. The monoisotopic (exact) mass is 278 g/mol. The number of aryl methyl sites for hydroxylation is 1. The average Bonchev–Trinajstić information content (AvgIpc) is 2.38. The van der Waals surface area contributed by atoms with Crippen LogP contribution in [0.1, 0.15) is 12.0 Å². The quantitative estimate of drug-likeness (QED) is 0.882. The van der Waals surface area contributed by atoms with E-state index in [0.717, 1.165) is 11.3 Å². The summed E-state index contributed by atoms with van der Waals surface area (Å²) in [7, 11) is 0. The molecule has 1 fully saturated rings. The highest BCUT2D eigenvalue weighted by atomic mass is 16.5. The number of carboxylic acids is 1. The predicted molar refractivity (Wildman–Crippen MR) is 73.8 cm³/mol. The normalized spacial score (nSPS) is 18.6. The first-order chi connectivity index (χ1) is 9.54. The molecule has 1 atom stereocenters. The predicted octanol–water partition coefficient (Wildman–Crippen LogP) is 1.70. The molecule has 1 aromatic carbocycles. The number of amides is 2. The van der Waals surface area contributed by atoms with Gasteiger partial charge in [0.2, 0.25) is 0 Å². The number of carbonyl (C=O) groups excluding carboxylic acids is 1. The van der Waals surface area contributed by atoms with E-state index in [-0.39, 0.29) is 12.5 Å². The number of nitrogens with one attached hydrogen (secondary N) is 1. The van der Waals surface area contributed by atoms with Crippen molar-refractivity contribution < 1.29 is 19.4 Å². The Morgan fingerprint density at radius 2 is 2.30 bits per heavy atom. The van der Waals surface area contributed by atoms with E-state index in [1.165, 1.54) is 0 Å². The van der Waals surface area contributed by atoms with Gasteiger partial charge in [0.1, 0.15) is 0 Å². The highest BCUT2D eigenvalue weighted by Crippen LogP contribution is 2.13. The summed E-state index contributed by atoms with van der Waals surface area (Å²) in [5.41, 5.74) is 1.80. The molecule has 0 radical (unpaired) electrons. The number of anilines is 1. The summed E-state index contributed by atoms with van der Waals surface area (Å²) in [4.78, 5) is 24.4. The molecule has 1 aromatic rings. The van der Waals surface area contributed by atoms with Gasteiger partial charge in [-0.25, -0.2) is 4.79 Å². The molecule has 0 aromatic heterocycles. The van der Waals surface area contributed by atoms with Gasteiger partial charge in [0.15, 0.2) is 0 Å². The third-order valence-electron chi connectivity index (χ3n) is 3.10. The first-order valence-electron chi connectivity index (χ1n) is 6.50. The van der Waals surface area contributed by atoms with Gasteiger partial charge in [-0.1, -0.05) is 12.1 Å². The van der Waals surface area contributed by atoms with E-state index >= 15 is 0 Å². The summed E-state index contributed by atoms with van der Waals surface area (Å²) in [5.74, 6) is -0.920. The number of hydrogen-bond donors (Lipinski definition) is 2. The zero-order chi connectivity index (χ0) is 14.5. The van der Waals surface area contributed by atoms with Crippen molar-refractivity contribution in [2.75, 3.05) is 25.0 Å². The maximum Gasteiger partial charge on any atom is 0.322 e. The van der Waals surface area contributed by atoms with Gasteiger partial charge in [-0.3, -0.25) is 4.79 Å². The van der Waals surface area contributed by atoms with E-state index in [4.69, 9.17) is 9.84 Å². The molecule has 1 heterocycles. The Bertz CT molecular complexity index is 504. The largest absolute Gasteiger partial charge is 0.481 e. The SMILES string of the molecule is Cc1cccc(NC(=O)N2CCOC(CC(=O)O)C2)c1. The molecule has 0 saturated carbocycles. The topological polar surface area (TPSA) is 78.9 Å². The summed E-state index contributed by atoms with van der Waals surface area (Å²) in [6.07, 6.45) is -0.529. The highest BCUT2D eigenvalue weighted by molar-refractivity contribution is 5.89. The van der Waals surface area contributed by atoms with Crippen LogP contribution in [0, 0.1) is 6.92 Å². The Balaban J connectivity index is 1.93. The van der Waals surface area contributed by atoms with Gasteiger partial charge in [0.05, 0.1) is 19.1 Å². The Morgan fingerprint density at radius 1 is 1.50 bits per heavy atom. The van der Waals surface area contributed by atoms with Crippen LogP contribution < -0.4 is 5.32 Å². The maximum absolute atomic E-state index is 12.1. The minimum absolute atomic E-state index is 0.0891. The molecule has 2 rings (SSSR count). The zero-order valence-electron chi connectivity index (χ0n) is 11.3. The molecular formula is C14H18N2O4. The van der Waals surface area contributed by atoms with Crippen molar-refractivity contribution in [1.29, 1.82) is 0 Å². The molecule has 1 aliphatic rings. The lowest BCUT2D eigenvalue weighted by Gasteiger charge is -2.32. The second-order valence-electron chi connectivity index (χ2n) is 4.84. The fourth-order valence-electron chi connectivity index (χ4n) is 2.15. The van der Waals surface area contributed by atoms with E-state index < -0.39 is 12.1 Å². The number of urea groups is 1. The van der Waals surface area contributed by atoms with Gasteiger partial charge in [0, 0.05) is 18.8 Å². The number of benzene rings is 1. The van der Waals surface area contributed by atoms with Crippen molar-refractivity contribution in [3.05, 3.63) is 29.8 Å². The lowest BCUT2D eigenvalue weighted by atomic mass is 10.2. The summed E-state index contributed by atoms with van der Waals surface area (Å²) in [6.45, 7) is 3.07. The van der Waals surface area contributed by atoms with Crippen LogP contribution in [0.5, 0.6) is 0 Å². The smallest absolute Gasteiger partial charge is 0.322 e. The molecule has 2 N–H and O–H groups in total. The van der Waals surface area contributed by atoms with E-state index in [9.17, 15) is 9.59 Å². The Morgan fingerprint density at radius 3 is 3.00 bits per heavy atom. The van der Waals surface area contributed by atoms with Gasteiger partial charge in [-0.2, -0.15) is 0 Å². The van der Waals surface area contributed by atoms with Crippen LogP contribution in [-0.4, -0.2) is 47.8 Å². The lowest BCUT2D eigenvalue weighted by Crippen LogP contribution is -2.47. The molecule has 0 spiro atoms. The van der Waals surface area contributed by atoms with Gasteiger partial charge in [-0.05, 0) is 24.6 Å². The minimum Gasteiger partial charge on any atom is -0.481 e. The molecule has 0 aliphatic carbocycles. The number of rotatable bonds is 3. The van der Waals surface area contributed by atoms with Crippen molar-refractivity contribution in [2.45, 2.75) is 19.4 Å². The van der Waals surface area contributed by atoms with Crippen molar-refractivity contribution in [3.63, 3.8) is 0 Å².